The van der Waals surface area contributed by atoms with Gasteiger partial charge in [-0.1, -0.05) is 40.2 Å². The number of carbonyl (C=O) groups is 1. The zero-order chi connectivity index (χ0) is 25.2. The lowest BCUT2D eigenvalue weighted by atomic mass is 9.98. The molecule has 0 saturated carbocycles. The standard InChI is InChI=1S/C26H21BrClN5O3/c1-35-23-11-19-21(13-24(23)36-2)30-26(28)31-25(19)29-18-5-3-4-16(10-18)20-12-22(33(14-34)32-20)15-6-8-17(27)9-7-15/h3-11,13-14,22H,12H2,1-2H3,(H,29,30,31). The van der Waals surface area contributed by atoms with Crippen LogP contribution in [0.25, 0.3) is 10.9 Å². The lowest BCUT2D eigenvalue weighted by molar-refractivity contribution is -0.119. The van der Waals surface area contributed by atoms with Crippen LogP contribution in [0.3, 0.4) is 0 Å². The van der Waals surface area contributed by atoms with Gasteiger partial charge in [-0.3, -0.25) is 4.79 Å². The molecule has 8 nitrogen and oxygen atoms in total. The molecular weight excluding hydrogens is 546 g/mol. The lowest BCUT2D eigenvalue weighted by Crippen LogP contribution is -2.17. The smallest absolute Gasteiger partial charge is 0.230 e. The minimum Gasteiger partial charge on any atom is -0.493 e. The van der Waals surface area contributed by atoms with E-state index in [9.17, 15) is 4.79 Å². The Morgan fingerprint density at radius 1 is 1.06 bits per heavy atom. The highest BCUT2D eigenvalue weighted by molar-refractivity contribution is 9.10. The SMILES string of the molecule is COc1cc2nc(Cl)nc(Nc3cccc(C4=NN(C=O)C(c5ccc(Br)cc5)C4)c3)c2cc1OC. The zero-order valence-corrected chi connectivity index (χ0v) is 21.7. The van der Waals surface area contributed by atoms with Crippen LogP contribution >= 0.6 is 27.5 Å². The fourth-order valence-electron chi connectivity index (χ4n) is 4.19. The maximum atomic E-state index is 11.7. The molecule has 1 unspecified atom stereocenters. The van der Waals surface area contributed by atoms with Gasteiger partial charge in [0.15, 0.2) is 11.5 Å². The number of hydrogen-bond acceptors (Lipinski definition) is 7. The number of aromatic nitrogens is 2. The highest BCUT2D eigenvalue weighted by Crippen LogP contribution is 2.36. The highest BCUT2D eigenvalue weighted by Gasteiger charge is 2.28. The number of carbonyl (C=O) groups excluding carboxylic acids is 1. The third-order valence-corrected chi connectivity index (χ3v) is 6.63. The van der Waals surface area contributed by atoms with Crippen LogP contribution in [-0.2, 0) is 4.79 Å². The van der Waals surface area contributed by atoms with E-state index in [4.69, 9.17) is 21.1 Å². The normalized spacial score (nSPS) is 15.1. The summed E-state index contributed by atoms with van der Waals surface area (Å²) in [7, 11) is 3.14. The van der Waals surface area contributed by atoms with Crippen LogP contribution in [0.1, 0.15) is 23.6 Å². The summed E-state index contributed by atoms with van der Waals surface area (Å²) in [6.07, 6.45) is 1.36. The molecule has 1 atom stereocenters. The van der Waals surface area contributed by atoms with Crippen molar-refractivity contribution < 1.29 is 14.3 Å². The molecule has 1 aromatic heterocycles. The highest BCUT2D eigenvalue weighted by atomic mass is 79.9. The van der Waals surface area contributed by atoms with E-state index < -0.39 is 0 Å². The van der Waals surface area contributed by atoms with E-state index in [1.165, 1.54) is 5.01 Å². The van der Waals surface area contributed by atoms with E-state index in [2.05, 4.69) is 36.3 Å². The number of ether oxygens (including phenoxy) is 2. The van der Waals surface area contributed by atoms with Crippen molar-refractivity contribution >= 4 is 62.1 Å². The van der Waals surface area contributed by atoms with E-state index in [0.717, 1.165) is 38.8 Å². The van der Waals surface area contributed by atoms with Crippen LogP contribution in [0.4, 0.5) is 11.5 Å². The van der Waals surface area contributed by atoms with E-state index in [-0.39, 0.29) is 11.3 Å². The molecule has 3 aromatic carbocycles. The summed E-state index contributed by atoms with van der Waals surface area (Å²) in [5.41, 5.74) is 4.13. The van der Waals surface area contributed by atoms with Crippen LogP contribution in [-0.4, -0.2) is 41.3 Å². The summed E-state index contributed by atoms with van der Waals surface area (Å²) in [6, 6.07) is 19.1. The van der Waals surface area contributed by atoms with Gasteiger partial charge in [0.25, 0.3) is 0 Å². The number of methoxy groups -OCH3 is 2. The molecular formula is C26H21BrClN5O3. The number of rotatable bonds is 7. The van der Waals surface area contributed by atoms with Crippen molar-refractivity contribution in [2.24, 2.45) is 5.10 Å². The van der Waals surface area contributed by atoms with Crippen LogP contribution in [0.15, 0.2) is 70.2 Å². The second-order valence-electron chi connectivity index (χ2n) is 8.07. The molecule has 1 amide bonds. The Morgan fingerprint density at radius 3 is 2.53 bits per heavy atom. The molecule has 1 N–H and O–H groups in total. The van der Waals surface area contributed by atoms with Crippen LogP contribution in [0.2, 0.25) is 5.28 Å². The predicted octanol–water partition coefficient (Wildman–Crippen LogP) is 6.11. The second-order valence-corrected chi connectivity index (χ2v) is 9.33. The molecule has 1 aliphatic rings. The largest absolute Gasteiger partial charge is 0.493 e. The number of benzene rings is 3. The average Bonchev–Trinajstić information content (AvgIpc) is 3.33. The summed E-state index contributed by atoms with van der Waals surface area (Å²) in [4.78, 5) is 20.5. The van der Waals surface area contributed by atoms with Crippen molar-refractivity contribution in [3.63, 3.8) is 0 Å². The van der Waals surface area contributed by atoms with Gasteiger partial charge in [-0.2, -0.15) is 10.1 Å². The molecule has 0 spiro atoms. The number of nitrogens with zero attached hydrogens (tertiary/aromatic N) is 4. The first-order valence-corrected chi connectivity index (χ1v) is 12.2. The first kappa shape index (κ1) is 24.0. The maximum Gasteiger partial charge on any atom is 0.230 e. The quantitative estimate of drug-likeness (QED) is 0.214. The molecule has 2 heterocycles. The Bertz CT molecular complexity index is 1480. The molecule has 36 heavy (non-hydrogen) atoms. The Labute approximate surface area is 221 Å². The number of hydrazone groups is 1. The molecule has 0 aliphatic carbocycles. The fraction of sp³-hybridized carbons (Fsp3) is 0.154. The Balaban J connectivity index is 1.46. The third-order valence-electron chi connectivity index (χ3n) is 5.94. The topological polar surface area (TPSA) is 88.9 Å². The van der Waals surface area contributed by atoms with Crippen molar-refractivity contribution in [3.8, 4) is 11.5 Å². The molecule has 0 saturated heterocycles. The number of hydrogen-bond donors (Lipinski definition) is 1. The molecule has 0 fully saturated rings. The van der Waals surface area contributed by atoms with Crippen molar-refractivity contribution in [3.05, 3.63) is 81.5 Å². The lowest BCUT2D eigenvalue weighted by Gasteiger charge is -2.17. The van der Waals surface area contributed by atoms with Crippen molar-refractivity contribution in [2.45, 2.75) is 12.5 Å². The summed E-state index contributed by atoms with van der Waals surface area (Å²) in [6.45, 7) is 0. The van der Waals surface area contributed by atoms with Gasteiger partial charge in [0.2, 0.25) is 11.7 Å². The van der Waals surface area contributed by atoms with Gasteiger partial charge in [0.1, 0.15) is 5.82 Å². The van der Waals surface area contributed by atoms with Gasteiger partial charge in [-0.25, -0.2) is 9.99 Å². The van der Waals surface area contributed by atoms with Crippen molar-refractivity contribution in [1.82, 2.24) is 15.0 Å². The monoisotopic (exact) mass is 565 g/mol. The first-order valence-electron chi connectivity index (χ1n) is 11.0. The van der Waals surface area contributed by atoms with E-state index >= 15 is 0 Å². The van der Waals surface area contributed by atoms with Crippen molar-refractivity contribution in [1.29, 1.82) is 0 Å². The van der Waals surface area contributed by atoms with E-state index in [1.54, 1.807) is 20.3 Å². The van der Waals surface area contributed by atoms with Gasteiger partial charge in [0, 0.05) is 28.0 Å². The number of amides is 1. The Hall–Kier alpha value is -3.69. The molecule has 0 radical (unpaired) electrons. The van der Waals surface area contributed by atoms with Gasteiger partial charge >= 0.3 is 0 Å². The summed E-state index contributed by atoms with van der Waals surface area (Å²) >= 11 is 9.67. The van der Waals surface area contributed by atoms with Gasteiger partial charge < -0.3 is 14.8 Å². The number of nitrogens with one attached hydrogen (secondary N) is 1. The molecule has 1 aliphatic heterocycles. The predicted molar refractivity (Wildman–Crippen MR) is 143 cm³/mol. The molecule has 4 aromatic rings. The molecule has 10 heteroatoms. The van der Waals surface area contributed by atoms with E-state index in [1.807, 2.05) is 54.6 Å². The Morgan fingerprint density at radius 2 is 1.81 bits per heavy atom. The number of fused-ring (bicyclic) bond motifs is 1. The second kappa shape index (κ2) is 10.1. The number of halogens is 2. The zero-order valence-electron chi connectivity index (χ0n) is 19.4. The van der Waals surface area contributed by atoms with Gasteiger partial charge in [-0.05, 0) is 53.1 Å². The summed E-state index contributed by atoms with van der Waals surface area (Å²) in [5, 5.41) is 10.2. The maximum absolute atomic E-state index is 11.7. The third kappa shape index (κ3) is 4.72. The van der Waals surface area contributed by atoms with E-state index in [0.29, 0.717) is 29.3 Å². The molecule has 0 bridgehead atoms. The van der Waals surface area contributed by atoms with Crippen LogP contribution in [0, 0.1) is 0 Å². The van der Waals surface area contributed by atoms with Crippen LogP contribution in [0.5, 0.6) is 11.5 Å². The average molecular weight is 567 g/mol. The van der Waals surface area contributed by atoms with Crippen LogP contribution < -0.4 is 14.8 Å². The molecule has 5 rings (SSSR count). The van der Waals surface area contributed by atoms with Gasteiger partial charge in [-0.15, -0.1) is 0 Å². The first-order chi connectivity index (χ1) is 17.5. The minimum absolute atomic E-state index is 0.104. The summed E-state index contributed by atoms with van der Waals surface area (Å²) in [5.74, 6) is 1.63. The Kier molecular flexibility index (Phi) is 6.75. The van der Waals surface area contributed by atoms with Crippen molar-refractivity contribution in [2.75, 3.05) is 19.5 Å². The fourth-order valence-corrected chi connectivity index (χ4v) is 4.63. The van der Waals surface area contributed by atoms with Gasteiger partial charge in [0.05, 0.1) is 31.5 Å². The molecule has 182 valence electrons. The minimum atomic E-state index is -0.158. The number of anilines is 2. The summed E-state index contributed by atoms with van der Waals surface area (Å²) < 4.78 is 11.8.